The molecule has 1 atom stereocenters. The number of carbonyl (C=O) groups excluding carboxylic acids is 1. The first-order valence-electron chi connectivity index (χ1n) is 9.96. The van der Waals surface area contributed by atoms with E-state index in [1.165, 1.54) is 12.1 Å². The fourth-order valence-electron chi connectivity index (χ4n) is 3.14. The largest absolute Gasteiger partial charge is 0.497 e. The van der Waals surface area contributed by atoms with Crippen LogP contribution in [-0.4, -0.2) is 21.4 Å². The molecule has 0 aliphatic heterocycles. The Hall–Kier alpha value is -3.32. The highest BCUT2D eigenvalue weighted by Crippen LogP contribution is 2.22. The highest BCUT2D eigenvalue weighted by Gasteiger charge is 2.19. The number of hydrogen-bond donors (Lipinski definition) is 2. The molecule has 0 aliphatic rings. The number of ether oxygens (including phenoxy) is 1. The van der Waals surface area contributed by atoms with Crippen LogP contribution in [0.4, 0.5) is 5.69 Å². The Bertz CT molecular complexity index is 1140. The fraction of sp³-hybridized carbons (Fsp3) is 0.208. The fourth-order valence-corrected chi connectivity index (χ4v) is 4.24. The number of nitrogens with one attached hydrogen (secondary N) is 2. The van der Waals surface area contributed by atoms with Crippen LogP contribution in [-0.2, 0) is 10.0 Å². The third kappa shape index (κ3) is 5.64. The molecule has 3 aromatic rings. The summed E-state index contributed by atoms with van der Waals surface area (Å²) in [5.41, 5.74) is 2.72. The molecule has 0 radical (unpaired) electrons. The molecule has 7 heteroatoms. The van der Waals surface area contributed by atoms with Gasteiger partial charge in [0.1, 0.15) is 5.75 Å². The standard InChI is InChI=1S/C24H26N2O4S/c1-4-23(18-10-14-21(30-3)15-11-18)25-24(27)19-6-5-7-22(16-19)31(28,29)26-20-12-8-17(2)9-13-20/h5-16,23,26H,4H2,1-3H3,(H,25,27)/t23-/m1/s1. The molecule has 0 saturated carbocycles. The van der Waals surface area contributed by atoms with Gasteiger partial charge in [-0.25, -0.2) is 8.42 Å². The molecule has 162 valence electrons. The predicted molar refractivity (Wildman–Crippen MR) is 122 cm³/mol. The summed E-state index contributed by atoms with van der Waals surface area (Å²) in [7, 11) is -2.22. The number of methoxy groups -OCH3 is 1. The third-order valence-electron chi connectivity index (χ3n) is 4.94. The minimum absolute atomic E-state index is 0.0261. The van der Waals surface area contributed by atoms with Crippen LogP contribution >= 0.6 is 0 Å². The summed E-state index contributed by atoms with van der Waals surface area (Å²) >= 11 is 0. The molecule has 0 aliphatic carbocycles. The lowest BCUT2D eigenvalue weighted by atomic mass is 10.0. The zero-order valence-electron chi connectivity index (χ0n) is 17.8. The summed E-state index contributed by atoms with van der Waals surface area (Å²) in [4.78, 5) is 12.9. The van der Waals surface area contributed by atoms with E-state index in [4.69, 9.17) is 4.74 Å². The second kappa shape index (κ2) is 9.66. The van der Waals surface area contributed by atoms with Crippen molar-refractivity contribution >= 4 is 21.6 Å². The van der Waals surface area contributed by atoms with E-state index in [1.807, 2.05) is 50.2 Å². The normalized spacial score (nSPS) is 12.1. The molecule has 0 saturated heterocycles. The molecular formula is C24H26N2O4S. The van der Waals surface area contributed by atoms with Gasteiger partial charge in [-0.15, -0.1) is 0 Å². The van der Waals surface area contributed by atoms with Gasteiger partial charge >= 0.3 is 0 Å². The van der Waals surface area contributed by atoms with Crippen LogP contribution in [0.15, 0.2) is 77.7 Å². The van der Waals surface area contributed by atoms with Gasteiger partial charge < -0.3 is 10.1 Å². The number of amides is 1. The Morgan fingerprint density at radius 2 is 1.68 bits per heavy atom. The summed E-state index contributed by atoms with van der Waals surface area (Å²) in [6.07, 6.45) is 0.686. The van der Waals surface area contributed by atoms with Gasteiger partial charge in [0.15, 0.2) is 0 Å². The maximum atomic E-state index is 12.8. The predicted octanol–water partition coefficient (Wildman–Crippen LogP) is 4.69. The van der Waals surface area contributed by atoms with E-state index in [1.54, 1.807) is 31.4 Å². The van der Waals surface area contributed by atoms with Crippen LogP contribution in [0.1, 0.15) is 40.9 Å². The first kappa shape index (κ1) is 22.4. The van der Waals surface area contributed by atoms with Gasteiger partial charge in [-0.2, -0.15) is 0 Å². The summed E-state index contributed by atoms with van der Waals surface area (Å²) in [5.74, 6) is 0.402. The Labute approximate surface area is 183 Å². The van der Waals surface area contributed by atoms with Crippen molar-refractivity contribution in [3.63, 3.8) is 0 Å². The molecule has 0 spiro atoms. The quantitative estimate of drug-likeness (QED) is 0.535. The molecule has 0 aromatic heterocycles. The van der Waals surface area contributed by atoms with Gasteiger partial charge in [-0.3, -0.25) is 9.52 Å². The molecule has 31 heavy (non-hydrogen) atoms. The summed E-state index contributed by atoms with van der Waals surface area (Å²) in [6, 6.07) is 20.3. The topological polar surface area (TPSA) is 84.5 Å². The van der Waals surface area contributed by atoms with E-state index in [9.17, 15) is 13.2 Å². The Kier molecular flexibility index (Phi) is 6.97. The van der Waals surface area contributed by atoms with Crippen LogP contribution in [0.5, 0.6) is 5.75 Å². The number of hydrogen-bond acceptors (Lipinski definition) is 4. The van der Waals surface area contributed by atoms with E-state index in [2.05, 4.69) is 10.0 Å². The van der Waals surface area contributed by atoms with Crippen LogP contribution < -0.4 is 14.8 Å². The van der Waals surface area contributed by atoms with Crippen molar-refractivity contribution in [1.29, 1.82) is 0 Å². The summed E-state index contributed by atoms with van der Waals surface area (Å²) in [6.45, 7) is 3.90. The van der Waals surface area contributed by atoms with Crippen molar-refractivity contribution in [2.24, 2.45) is 0 Å². The minimum atomic E-state index is -3.82. The number of carbonyl (C=O) groups is 1. The number of benzene rings is 3. The number of rotatable bonds is 8. The molecule has 0 heterocycles. The average Bonchev–Trinajstić information content (AvgIpc) is 2.79. The molecule has 0 fully saturated rings. The Balaban J connectivity index is 1.77. The molecule has 1 amide bonds. The Morgan fingerprint density at radius 3 is 2.29 bits per heavy atom. The maximum absolute atomic E-state index is 12.8. The summed E-state index contributed by atoms with van der Waals surface area (Å²) < 4.78 is 33.3. The summed E-state index contributed by atoms with van der Waals surface area (Å²) in [5, 5.41) is 2.98. The van der Waals surface area contributed by atoms with E-state index >= 15 is 0 Å². The lowest BCUT2D eigenvalue weighted by molar-refractivity contribution is 0.0935. The van der Waals surface area contributed by atoms with Crippen LogP contribution in [0, 0.1) is 6.92 Å². The van der Waals surface area contributed by atoms with Gasteiger partial charge in [0.25, 0.3) is 15.9 Å². The lowest BCUT2D eigenvalue weighted by Gasteiger charge is -2.18. The third-order valence-corrected chi connectivity index (χ3v) is 6.32. The smallest absolute Gasteiger partial charge is 0.261 e. The second-order valence-corrected chi connectivity index (χ2v) is 8.89. The van der Waals surface area contributed by atoms with Gasteiger partial charge in [0, 0.05) is 11.3 Å². The zero-order chi connectivity index (χ0) is 22.4. The first-order valence-corrected chi connectivity index (χ1v) is 11.4. The molecular weight excluding hydrogens is 412 g/mol. The van der Waals surface area contributed by atoms with Crippen molar-refractivity contribution in [3.05, 3.63) is 89.5 Å². The highest BCUT2D eigenvalue weighted by molar-refractivity contribution is 7.92. The molecule has 2 N–H and O–H groups in total. The van der Waals surface area contributed by atoms with Crippen LogP contribution in [0.25, 0.3) is 0 Å². The molecule has 3 aromatic carbocycles. The van der Waals surface area contributed by atoms with Crippen molar-refractivity contribution in [1.82, 2.24) is 5.32 Å². The average molecular weight is 439 g/mol. The van der Waals surface area contributed by atoms with Crippen molar-refractivity contribution < 1.29 is 17.9 Å². The Morgan fingerprint density at radius 1 is 1.00 bits per heavy atom. The monoisotopic (exact) mass is 438 g/mol. The van der Waals surface area contributed by atoms with Gasteiger partial charge in [-0.05, 0) is 61.4 Å². The first-order chi connectivity index (χ1) is 14.8. The van der Waals surface area contributed by atoms with E-state index in [-0.39, 0.29) is 22.4 Å². The maximum Gasteiger partial charge on any atom is 0.261 e. The molecule has 0 unspecified atom stereocenters. The molecule has 6 nitrogen and oxygen atoms in total. The van der Waals surface area contributed by atoms with Gasteiger partial charge in [-0.1, -0.05) is 42.8 Å². The van der Waals surface area contributed by atoms with E-state index < -0.39 is 10.0 Å². The number of sulfonamides is 1. The molecule has 0 bridgehead atoms. The van der Waals surface area contributed by atoms with Crippen LogP contribution in [0.2, 0.25) is 0 Å². The highest BCUT2D eigenvalue weighted by atomic mass is 32.2. The number of aryl methyl sites for hydroxylation is 1. The lowest BCUT2D eigenvalue weighted by Crippen LogP contribution is -2.28. The van der Waals surface area contributed by atoms with Crippen molar-refractivity contribution in [3.8, 4) is 5.75 Å². The molecule has 3 rings (SSSR count). The zero-order valence-corrected chi connectivity index (χ0v) is 18.6. The minimum Gasteiger partial charge on any atom is -0.497 e. The van der Waals surface area contributed by atoms with E-state index in [0.29, 0.717) is 12.1 Å². The van der Waals surface area contributed by atoms with Crippen LogP contribution in [0.3, 0.4) is 0 Å². The van der Waals surface area contributed by atoms with Gasteiger partial charge in [0.05, 0.1) is 18.0 Å². The van der Waals surface area contributed by atoms with Crippen molar-refractivity contribution in [2.75, 3.05) is 11.8 Å². The number of anilines is 1. The van der Waals surface area contributed by atoms with Gasteiger partial charge in [0.2, 0.25) is 0 Å². The van der Waals surface area contributed by atoms with E-state index in [0.717, 1.165) is 16.9 Å². The second-order valence-electron chi connectivity index (χ2n) is 7.21. The SMILES string of the molecule is CC[C@@H](NC(=O)c1cccc(S(=O)(=O)Nc2ccc(C)cc2)c1)c1ccc(OC)cc1. The van der Waals surface area contributed by atoms with Crippen molar-refractivity contribution in [2.45, 2.75) is 31.2 Å².